The highest BCUT2D eigenvalue weighted by atomic mass is 32.2. The van der Waals surface area contributed by atoms with Crippen molar-refractivity contribution in [3.63, 3.8) is 0 Å². The summed E-state index contributed by atoms with van der Waals surface area (Å²) in [5.74, 6) is 9.68. The van der Waals surface area contributed by atoms with Crippen LogP contribution in [0.2, 0.25) is 0 Å². The van der Waals surface area contributed by atoms with E-state index >= 15 is 8.78 Å². The van der Waals surface area contributed by atoms with Crippen molar-refractivity contribution in [3.05, 3.63) is 78.4 Å². The van der Waals surface area contributed by atoms with Crippen molar-refractivity contribution in [2.24, 2.45) is 71.0 Å². The van der Waals surface area contributed by atoms with Crippen LogP contribution in [-0.4, -0.2) is 11.2 Å². The summed E-state index contributed by atoms with van der Waals surface area (Å²) in [6.07, 6.45) is 15.0. The van der Waals surface area contributed by atoms with E-state index in [9.17, 15) is 0 Å². The molecule has 0 aliphatic heterocycles. The second-order valence-corrected chi connectivity index (χ2v) is 20.5. The molecular weight excluding hydrogens is 655 g/mol. The van der Waals surface area contributed by atoms with Gasteiger partial charge in [0.15, 0.2) is 37.8 Å². The summed E-state index contributed by atoms with van der Waals surface area (Å²) in [6.45, 7) is 4.50. The molecule has 0 N–H and O–H groups in total. The minimum atomic E-state index is -0.688. The zero-order valence-electron chi connectivity index (χ0n) is 30.2. The predicted molar refractivity (Wildman–Crippen MR) is 197 cm³/mol. The Morgan fingerprint density at radius 2 is 1.00 bits per heavy atom. The van der Waals surface area contributed by atoms with E-state index in [4.69, 9.17) is 9.47 Å². The Morgan fingerprint density at radius 3 is 1.43 bits per heavy atom. The van der Waals surface area contributed by atoms with E-state index in [2.05, 4.69) is 26.0 Å². The van der Waals surface area contributed by atoms with Gasteiger partial charge in [0.05, 0.1) is 10.9 Å². The van der Waals surface area contributed by atoms with Crippen LogP contribution in [0.3, 0.4) is 0 Å². The molecule has 8 saturated carbocycles. The molecule has 268 valence electrons. The lowest BCUT2D eigenvalue weighted by Crippen LogP contribution is -2.48. The average molecular weight is 708 g/mol. The van der Waals surface area contributed by atoms with Crippen molar-refractivity contribution >= 4 is 10.9 Å². The third-order valence-electron chi connectivity index (χ3n) is 16.9. The molecule has 8 bridgehead atoms. The van der Waals surface area contributed by atoms with Crippen LogP contribution in [0.4, 0.5) is 8.78 Å². The van der Waals surface area contributed by atoms with E-state index in [1.807, 2.05) is 42.5 Å². The number of benzene rings is 3. The van der Waals surface area contributed by atoms with Crippen molar-refractivity contribution in [2.75, 3.05) is 0 Å². The fourth-order valence-electron chi connectivity index (χ4n) is 15.4. The van der Waals surface area contributed by atoms with Crippen LogP contribution in [-0.2, 0) is 10.9 Å². The normalized spacial score (nSPS) is 43.9. The van der Waals surface area contributed by atoms with Crippen LogP contribution in [0, 0.1) is 82.6 Å². The molecular formula is C46H53F2O2S+. The van der Waals surface area contributed by atoms with Gasteiger partial charge in [0.25, 0.3) is 0 Å². The minimum Gasteiger partial charge on any atom is -0.484 e. The maximum Gasteiger partial charge on any atom is 0.170 e. The van der Waals surface area contributed by atoms with Crippen LogP contribution in [0.25, 0.3) is 0 Å². The van der Waals surface area contributed by atoms with Crippen molar-refractivity contribution in [1.29, 1.82) is 0 Å². The summed E-state index contributed by atoms with van der Waals surface area (Å²) >= 11 is 0. The molecule has 3 aromatic rings. The second kappa shape index (κ2) is 11.5. The Morgan fingerprint density at radius 1 is 0.549 bits per heavy atom. The molecule has 14 atom stereocenters. The highest BCUT2D eigenvalue weighted by Gasteiger charge is 2.69. The number of hydrogen-bond donors (Lipinski definition) is 0. The van der Waals surface area contributed by atoms with E-state index < -0.39 is 10.9 Å². The lowest BCUT2D eigenvalue weighted by atomic mass is 9.65. The smallest absolute Gasteiger partial charge is 0.170 e. The molecule has 8 fully saturated rings. The molecule has 11 rings (SSSR count). The summed E-state index contributed by atoms with van der Waals surface area (Å²) in [7, 11) is -0.688. The highest BCUT2D eigenvalue weighted by Crippen LogP contribution is 2.72. The Balaban J connectivity index is 0.875. The summed E-state index contributed by atoms with van der Waals surface area (Å²) in [6, 6.07) is 21.3. The van der Waals surface area contributed by atoms with Gasteiger partial charge in [0.1, 0.15) is 11.2 Å². The van der Waals surface area contributed by atoms with E-state index in [1.54, 1.807) is 12.1 Å². The topological polar surface area (TPSA) is 18.5 Å². The van der Waals surface area contributed by atoms with Crippen LogP contribution < -0.4 is 9.47 Å². The summed E-state index contributed by atoms with van der Waals surface area (Å²) in [4.78, 5) is 2.72. The number of rotatable bonds is 9. The molecule has 3 aromatic carbocycles. The molecule has 0 aromatic heterocycles. The maximum absolute atomic E-state index is 16.3. The van der Waals surface area contributed by atoms with E-state index in [1.165, 1.54) is 51.4 Å². The van der Waals surface area contributed by atoms with Crippen LogP contribution >= 0.6 is 0 Å². The Hall–Kier alpha value is -2.53. The quantitative estimate of drug-likeness (QED) is 0.163. The average Bonchev–Trinajstić information content (AvgIpc) is 4.01. The van der Waals surface area contributed by atoms with Gasteiger partial charge in [0, 0.05) is 24.0 Å². The molecule has 0 radical (unpaired) electrons. The van der Waals surface area contributed by atoms with E-state index in [0.717, 1.165) is 99.5 Å². The highest BCUT2D eigenvalue weighted by molar-refractivity contribution is 7.97. The van der Waals surface area contributed by atoms with Crippen LogP contribution in [0.5, 0.6) is 11.5 Å². The predicted octanol–water partition coefficient (Wildman–Crippen LogP) is 11.5. The Bertz CT molecular complexity index is 1730. The van der Waals surface area contributed by atoms with Gasteiger partial charge in [-0.15, -0.1) is 0 Å². The molecule has 0 amide bonds. The van der Waals surface area contributed by atoms with Gasteiger partial charge in [-0.1, -0.05) is 32.0 Å². The van der Waals surface area contributed by atoms with E-state index in [0.29, 0.717) is 23.3 Å². The molecule has 0 spiro atoms. The van der Waals surface area contributed by atoms with Gasteiger partial charge in [-0.25, -0.2) is 8.78 Å². The first kappa shape index (κ1) is 31.9. The van der Waals surface area contributed by atoms with Gasteiger partial charge in [0.2, 0.25) is 0 Å². The number of halogens is 2. The standard InChI is InChI=1S/C46H53F2O2S/c1-3-45(24-30-20-35(45)43-28-12-10-26(18-28)41(30)43)49-39-16-14-33(22-37(39)47)51(32-8-6-5-7-9-32)34-15-17-40(38(48)23-34)50-46(4-2)25-31-21-36(46)44-29-13-11-27(19-29)42(31)44/h5-9,14-17,22-23,26-31,35-36,41-44H,3-4,10-13,18-21,24-25H2,1-2H3/q+1. The molecule has 8 aliphatic rings. The molecule has 8 aliphatic carbocycles. The zero-order valence-corrected chi connectivity index (χ0v) is 31.1. The van der Waals surface area contributed by atoms with Gasteiger partial charge in [-0.05, 0) is 173 Å². The lowest BCUT2D eigenvalue weighted by molar-refractivity contribution is -0.0486. The fraction of sp³-hybridized carbons (Fsp3) is 0.609. The monoisotopic (exact) mass is 707 g/mol. The number of hydrogen-bond acceptors (Lipinski definition) is 2. The van der Waals surface area contributed by atoms with Crippen molar-refractivity contribution in [3.8, 4) is 11.5 Å². The third kappa shape index (κ3) is 4.51. The molecule has 51 heavy (non-hydrogen) atoms. The maximum atomic E-state index is 16.3. The second-order valence-electron chi connectivity index (χ2n) is 18.4. The van der Waals surface area contributed by atoms with Crippen molar-refractivity contribution < 1.29 is 18.3 Å². The number of fused-ring (bicyclic) bond motifs is 18. The fourth-order valence-corrected chi connectivity index (χ4v) is 17.5. The summed E-state index contributed by atoms with van der Waals surface area (Å²) < 4.78 is 46.4. The first-order valence-electron chi connectivity index (χ1n) is 20.6. The summed E-state index contributed by atoms with van der Waals surface area (Å²) in [5.41, 5.74) is -0.517. The SMILES string of the molecule is CCC1(Oc2ccc([S+](c3ccccc3)c3ccc(OC4(CC)CC5CC4C4C6CCC(C6)C54)c(F)c3)cc2F)CC2CC1C1C3CCC(C3)C21. The lowest BCUT2D eigenvalue weighted by Gasteiger charge is -2.46. The van der Waals surface area contributed by atoms with Gasteiger partial charge in [-0.2, -0.15) is 0 Å². The van der Waals surface area contributed by atoms with Crippen molar-refractivity contribution in [2.45, 2.75) is 117 Å². The molecule has 14 unspecified atom stereocenters. The minimum absolute atomic E-state index is 0.258. The number of ether oxygens (including phenoxy) is 2. The molecule has 0 heterocycles. The van der Waals surface area contributed by atoms with Gasteiger partial charge >= 0.3 is 0 Å². The molecule has 0 saturated heterocycles. The first-order valence-corrected chi connectivity index (χ1v) is 21.9. The van der Waals surface area contributed by atoms with E-state index in [-0.39, 0.29) is 22.8 Å². The van der Waals surface area contributed by atoms with Crippen molar-refractivity contribution in [1.82, 2.24) is 0 Å². The largest absolute Gasteiger partial charge is 0.484 e. The first-order chi connectivity index (χ1) is 24.9. The van der Waals surface area contributed by atoms with Crippen LogP contribution in [0.1, 0.15) is 90.9 Å². The van der Waals surface area contributed by atoms with Gasteiger partial charge < -0.3 is 9.47 Å². The van der Waals surface area contributed by atoms with Gasteiger partial charge in [-0.3, -0.25) is 0 Å². The third-order valence-corrected chi connectivity index (χ3v) is 19.1. The molecule has 5 heteroatoms. The zero-order chi connectivity index (χ0) is 34.2. The van der Waals surface area contributed by atoms with Crippen LogP contribution in [0.15, 0.2) is 81.4 Å². The molecule has 2 nitrogen and oxygen atoms in total. The Labute approximate surface area is 305 Å². The Kier molecular flexibility index (Phi) is 7.20. The summed E-state index contributed by atoms with van der Waals surface area (Å²) in [5, 5.41) is 0.